The number of amides is 1. The average molecular weight is 307 g/mol. The van der Waals surface area contributed by atoms with Gasteiger partial charge in [-0.2, -0.15) is 0 Å². The zero-order valence-electron chi connectivity index (χ0n) is 11.7. The van der Waals surface area contributed by atoms with Gasteiger partial charge in [0.25, 0.3) is 5.91 Å². The molecule has 1 amide bonds. The van der Waals surface area contributed by atoms with Crippen molar-refractivity contribution in [3.8, 4) is 0 Å². The van der Waals surface area contributed by atoms with Crippen molar-refractivity contribution in [2.24, 2.45) is 5.92 Å². The lowest BCUT2D eigenvalue weighted by Gasteiger charge is -2.01. The van der Waals surface area contributed by atoms with Crippen LogP contribution in [0.2, 0.25) is 0 Å². The summed E-state index contributed by atoms with van der Waals surface area (Å²) in [4.78, 5) is 12.0. The quantitative estimate of drug-likeness (QED) is 0.673. The number of aryl methyl sites for hydroxylation is 1. The lowest BCUT2D eigenvalue weighted by Crippen LogP contribution is -2.11. The third kappa shape index (κ3) is 4.31. The molecule has 0 saturated carbocycles. The van der Waals surface area contributed by atoms with Crippen molar-refractivity contribution < 1.29 is 4.79 Å². The van der Waals surface area contributed by atoms with Crippen molar-refractivity contribution in [2.45, 2.75) is 25.1 Å². The summed E-state index contributed by atoms with van der Waals surface area (Å²) in [5, 5.41) is 11.4. The van der Waals surface area contributed by atoms with Gasteiger partial charge in [-0.15, -0.1) is 10.2 Å². The summed E-state index contributed by atoms with van der Waals surface area (Å²) in [5.74, 6) is 1.46. The van der Waals surface area contributed by atoms with E-state index in [2.05, 4.69) is 29.4 Å². The molecular weight excluding hydrogens is 290 g/mol. The Morgan fingerprint density at radius 1 is 1.30 bits per heavy atom. The number of carbonyl (C=O) groups is 1. The first-order chi connectivity index (χ1) is 9.54. The van der Waals surface area contributed by atoms with Gasteiger partial charge >= 0.3 is 0 Å². The van der Waals surface area contributed by atoms with Crippen LogP contribution in [-0.2, 0) is 0 Å². The molecule has 1 heterocycles. The number of aromatic nitrogens is 2. The van der Waals surface area contributed by atoms with E-state index >= 15 is 0 Å². The second-order valence-corrected chi connectivity index (χ2v) is 7.14. The SMILES string of the molecule is Cc1ccc(C(=O)Nc2nnc(SCC(C)C)s2)cc1. The van der Waals surface area contributed by atoms with Gasteiger partial charge in [0.1, 0.15) is 0 Å². The number of rotatable bonds is 5. The van der Waals surface area contributed by atoms with Gasteiger partial charge in [0.05, 0.1) is 0 Å². The van der Waals surface area contributed by atoms with Crippen LogP contribution >= 0.6 is 23.1 Å². The third-order valence-electron chi connectivity index (χ3n) is 2.48. The van der Waals surface area contributed by atoms with Crippen LogP contribution in [0.25, 0.3) is 0 Å². The van der Waals surface area contributed by atoms with Gasteiger partial charge in [-0.05, 0) is 25.0 Å². The minimum Gasteiger partial charge on any atom is -0.296 e. The Bertz CT molecular complexity index is 578. The summed E-state index contributed by atoms with van der Waals surface area (Å²) in [6, 6.07) is 7.44. The van der Waals surface area contributed by atoms with Crippen molar-refractivity contribution in [1.29, 1.82) is 0 Å². The van der Waals surface area contributed by atoms with E-state index in [1.807, 2.05) is 19.1 Å². The molecule has 0 spiro atoms. The molecule has 6 heteroatoms. The molecule has 106 valence electrons. The largest absolute Gasteiger partial charge is 0.296 e. The molecule has 1 aromatic heterocycles. The number of anilines is 1. The molecule has 0 fully saturated rings. The number of nitrogens with zero attached hydrogens (tertiary/aromatic N) is 2. The highest BCUT2D eigenvalue weighted by Gasteiger charge is 2.10. The van der Waals surface area contributed by atoms with Gasteiger partial charge in [0, 0.05) is 11.3 Å². The first-order valence-electron chi connectivity index (χ1n) is 6.39. The maximum atomic E-state index is 12.0. The van der Waals surface area contributed by atoms with Crippen LogP contribution in [0.1, 0.15) is 29.8 Å². The second-order valence-electron chi connectivity index (χ2n) is 4.90. The van der Waals surface area contributed by atoms with Gasteiger partial charge < -0.3 is 0 Å². The molecule has 2 aromatic rings. The topological polar surface area (TPSA) is 54.9 Å². The molecule has 1 N–H and O–H groups in total. The van der Waals surface area contributed by atoms with Crippen LogP contribution in [0.3, 0.4) is 0 Å². The van der Waals surface area contributed by atoms with Crippen molar-refractivity contribution in [3.63, 3.8) is 0 Å². The Morgan fingerprint density at radius 3 is 2.65 bits per heavy atom. The standard InChI is InChI=1S/C14H17N3OS2/c1-9(2)8-19-14-17-16-13(20-14)15-12(18)11-6-4-10(3)5-7-11/h4-7,9H,8H2,1-3H3,(H,15,16,18). The van der Waals surface area contributed by atoms with Gasteiger partial charge in [-0.3, -0.25) is 10.1 Å². The predicted octanol–water partition coefficient (Wildman–Crippen LogP) is 3.85. The molecule has 4 nitrogen and oxygen atoms in total. The summed E-state index contributed by atoms with van der Waals surface area (Å²) in [5.41, 5.74) is 1.76. The van der Waals surface area contributed by atoms with Crippen LogP contribution in [0.4, 0.5) is 5.13 Å². The molecule has 0 bridgehead atoms. The lowest BCUT2D eigenvalue weighted by molar-refractivity contribution is 0.102. The number of benzene rings is 1. The van der Waals surface area contributed by atoms with Crippen LogP contribution in [0.15, 0.2) is 28.6 Å². The number of nitrogens with one attached hydrogen (secondary N) is 1. The van der Waals surface area contributed by atoms with E-state index in [1.165, 1.54) is 11.3 Å². The maximum Gasteiger partial charge on any atom is 0.257 e. The van der Waals surface area contributed by atoms with Crippen molar-refractivity contribution in [1.82, 2.24) is 10.2 Å². The van der Waals surface area contributed by atoms with Gasteiger partial charge in [0.2, 0.25) is 5.13 Å². The maximum absolute atomic E-state index is 12.0. The molecule has 0 unspecified atom stereocenters. The van der Waals surface area contributed by atoms with Gasteiger partial charge in [-0.25, -0.2) is 0 Å². The van der Waals surface area contributed by atoms with Gasteiger partial charge in [0.15, 0.2) is 4.34 Å². The predicted molar refractivity (Wildman–Crippen MR) is 84.6 cm³/mol. The molecule has 2 rings (SSSR count). The normalized spacial score (nSPS) is 10.8. The smallest absolute Gasteiger partial charge is 0.257 e. The van der Waals surface area contributed by atoms with E-state index in [4.69, 9.17) is 0 Å². The van der Waals surface area contributed by atoms with E-state index in [-0.39, 0.29) is 5.91 Å². The van der Waals surface area contributed by atoms with Crippen molar-refractivity contribution in [3.05, 3.63) is 35.4 Å². The highest BCUT2D eigenvalue weighted by atomic mass is 32.2. The van der Waals surface area contributed by atoms with E-state index < -0.39 is 0 Å². The number of carbonyl (C=O) groups excluding carboxylic acids is 1. The van der Waals surface area contributed by atoms with Crippen molar-refractivity contribution in [2.75, 3.05) is 11.1 Å². The van der Waals surface area contributed by atoms with Crippen LogP contribution in [-0.4, -0.2) is 21.9 Å². The second kappa shape index (κ2) is 6.85. The van der Waals surface area contributed by atoms with E-state index in [0.717, 1.165) is 15.7 Å². The summed E-state index contributed by atoms with van der Waals surface area (Å²) >= 11 is 3.08. The zero-order valence-corrected chi connectivity index (χ0v) is 13.3. The summed E-state index contributed by atoms with van der Waals surface area (Å²) in [6.45, 7) is 6.31. The molecule has 0 saturated heterocycles. The Hall–Kier alpha value is -1.40. The summed E-state index contributed by atoms with van der Waals surface area (Å²) < 4.78 is 0.887. The van der Waals surface area contributed by atoms with Crippen LogP contribution in [0.5, 0.6) is 0 Å². The molecule has 0 radical (unpaired) electrons. The van der Waals surface area contributed by atoms with Crippen molar-refractivity contribution >= 4 is 34.1 Å². The molecule has 1 aromatic carbocycles. The third-order valence-corrected chi connectivity index (χ3v) is 4.88. The molecule has 20 heavy (non-hydrogen) atoms. The minimum absolute atomic E-state index is 0.151. The minimum atomic E-state index is -0.151. The van der Waals surface area contributed by atoms with Gasteiger partial charge in [-0.1, -0.05) is 54.6 Å². The average Bonchev–Trinajstić information content (AvgIpc) is 2.84. The van der Waals surface area contributed by atoms with E-state index in [9.17, 15) is 4.79 Å². The lowest BCUT2D eigenvalue weighted by atomic mass is 10.1. The monoisotopic (exact) mass is 307 g/mol. The Balaban J connectivity index is 1.96. The first-order valence-corrected chi connectivity index (χ1v) is 8.19. The molecular formula is C14H17N3OS2. The van der Waals surface area contributed by atoms with E-state index in [1.54, 1.807) is 23.9 Å². The fourth-order valence-corrected chi connectivity index (χ4v) is 3.15. The number of hydrogen-bond acceptors (Lipinski definition) is 5. The fraction of sp³-hybridized carbons (Fsp3) is 0.357. The van der Waals surface area contributed by atoms with E-state index in [0.29, 0.717) is 16.6 Å². The Kier molecular flexibility index (Phi) is 5.14. The highest BCUT2D eigenvalue weighted by molar-refractivity contribution is 8.01. The Labute approximate surface area is 127 Å². The molecule has 0 aliphatic carbocycles. The van der Waals surface area contributed by atoms with Crippen LogP contribution < -0.4 is 5.32 Å². The molecule has 0 atom stereocenters. The number of thioether (sulfide) groups is 1. The fourth-order valence-electron chi connectivity index (χ4n) is 1.43. The summed E-state index contributed by atoms with van der Waals surface area (Å²) in [7, 11) is 0. The first kappa shape index (κ1) is 15.0. The highest BCUT2D eigenvalue weighted by Crippen LogP contribution is 2.27. The molecule has 0 aliphatic heterocycles. The Morgan fingerprint density at radius 2 is 2.00 bits per heavy atom. The number of hydrogen-bond donors (Lipinski definition) is 1. The summed E-state index contributed by atoms with van der Waals surface area (Å²) in [6.07, 6.45) is 0. The zero-order chi connectivity index (χ0) is 14.5. The van der Waals surface area contributed by atoms with Crippen LogP contribution in [0, 0.1) is 12.8 Å². The molecule has 0 aliphatic rings.